The van der Waals surface area contributed by atoms with E-state index in [1.807, 2.05) is 47.9 Å². The molecule has 9 nitrogen and oxygen atoms in total. The number of ether oxygens (including phenoxy) is 2. The molecule has 2 N–H and O–H groups in total. The van der Waals surface area contributed by atoms with Gasteiger partial charge in [0, 0.05) is 32.4 Å². The Bertz CT molecular complexity index is 1020. The Hall–Kier alpha value is -2.44. The van der Waals surface area contributed by atoms with E-state index in [2.05, 4.69) is 37.9 Å². The van der Waals surface area contributed by atoms with Crippen molar-refractivity contribution >= 4 is 35.6 Å². The number of nitrogens with zero attached hydrogens (tertiary/aromatic N) is 5. The SMILES string of the molecule is CCNC(=NCc1cccc(OCCN2CCOCC2)c1)NCc1nnc2ccccn12.I. The highest BCUT2D eigenvalue weighted by molar-refractivity contribution is 14.0. The summed E-state index contributed by atoms with van der Waals surface area (Å²) >= 11 is 0. The Balaban J connectivity index is 0.00000306. The zero-order valence-electron chi connectivity index (χ0n) is 18.9. The summed E-state index contributed by atoms with van der Waals surface area (Å²) in [6, 6.07) is 14.0. The number of pyridine rings is 1. The van der Waals surface area contributed by atoms with Crippen molar-refractivity contribution in [1.29, 1.82) is 0 Å². The molecule has 1 aliphatic rings. The van der Waals surface area contributed by atoms with E-state index in [0.29, 0.717) is 19.7 Å². The van der Waals surface area contributed by atoms with E-state index in [1.165, 1.54) is 0 Å². The highest BCUT2D eigenvalue weighted by atomic mass is 127. The molecule has 1 saturated heterocycles. The highest BCUT2D eigenvalue weighted by Gasteiger charge is 2.10. The first kappa shape index (κ1) is 25.2. The van der Waals surface area contributed by atoms with E-state index in [1.54, 1.807) is 0 Å². The number of morpholine rings is 1. The molecule has 0 amide bonds. The lowest BCUT2D eigenvalue weighted by atomic mass is 10.2. The van der Waals surface area contributed by atoms with Crippen LogP contribution in [0.5, 0.6) is 5.75 Å². The minimum absolute atomic E-state index is 0. The third kappa shape index (κ3) is 7.54. The molecule has 0 atom stereocenters. The Morgan fingerprint density at radius 1 is 1.12 bits per heavy atom. The number of hydrogen-bond acceptors (Lipinski definition) is 6. The van der Waals surface area contributed by atoms with Crippen LogP contribution in [0.15, 0.2) is 53.7 Å². The van der Waals surface area contributed by atoms with Gasteiger partial charge in [-0.1, -0.05) is 18.2 Å². The lowest BCUT2D eigenvalue weighted by molar-refractivity contribution is 0.0322. The molecule has 0 aliphatic carbocycles. The van der Waals surface area contributed by atoms with E-state index >= 15 is 0 Å². The van der Waals surface area contributed by atoms with Crippen molar-refractivity contribution in [2.24, 2.45) is 4.99 Å². The van der Waals surface area contributed by atoms with E-state index < -0.39 is 0 Å². The second-order valence-electron chi connectivity index (χ2n) is 7.54. The number of rotatable bonds is 9. The first-order chi connectivity index (χ1) is 15.8. The van der Waals surface area contributed by atoms with Crippen molar-refractivity contribution in [1.82, 2.24) is 30.1 Å². The molecule has 0 saturated carbocycles. The average molecular weight is 565 g/mol. The summed E-state index contributed by atoms with van der Waals surface area (Å²) in [6.45, 7) is 9.06. The standard InChI is InChI=1S/C23H31N7O2.HI/c1-2-24-23(26-18-22-28-27-21-8-3-4-9-30(21)22)25-17-19-6-5-7-20(16-19)32-15-12-29-10-13-31-14-11-29;/h3-9,16H,2,10-15,17-18H2,1H3,(H2,24,25,26);1H. The van der Waals surface area contributed by atoms with Gasteiger partial charge in [-0.25, -0.2) is 4.99 Å². The summed E-state index contributed by atoms with van der Waals surface area (Å²) in [5, 5.41) is 15.1. The van der Waals surface area contributed by atoms with Crippen LogP contribution >= 0.6 is 24.0 Å². The Morgan fingerprint density at radius 3 is 2.85 bits per heavy atom. The lowest BCUT2D eigenvalue weighted by Gasteiger charge is -2.26. The van der Waals surface area contributed by atoms with Gasteiger partial charge in [0.15, 0.2) is 17.4 Å². The molecule has 1 fully saturated rings. The predicted octanol–water partition coefficient (Wildman–Crippen LogP) is 2.31. The van der Waals surface area contributed by atoms with Crippen LogP contribution in [0.1, 0.15) is 18.3 Å². The quantitative estimate of drug-likeness (QED) is 0.234. The summed E-state index contributed by atoms with van der Waals surface area (Å²) in [7, 11) is 0. The van der Waals surface area contributed by atoms with Gasteiger partial charge >= 0.3 is 0 Å². The van der Waals surface area contributed by atoms with Crippen LogP contribution in [-0.2, 0) is 17.8 Å². The third-order valence-corrected chi connectivity index (χ3v) is 5.24. The smallest absolute Gasteiger partial charge is 0.191 e. The molecule has 33 heavy (non-hydrogen) atoms. The van der Waals surface area contributed by atoms with E-state index in [4.69, 9.17) is 14.5 Å². The summed E-state index contributed by atoms with van der Waals surface area (Å²) in [4.78, 5) is 7.08. The molecule has 0 radical (unpaired) electrons. The monoisotopic (exact) mass is 565 g/mol. The second kappa shape index (κ2) is 13.3. The number of fused-ring (bicyclic) bond motifs is 1. The van der Waals surface area contributed by atoms with Gasteiger partial charge in [0.1, 0.15) is 12.4 Å². The van der Waals surface area contributed by atoms with Crippen LogP contribution in [0.2, 0.25) is 0 Å². The van der Waals surface area contributed by atoms with Crippen LogP contribution in [-0.4, -0.2) is 71.5 Å². The number of nitrogens with one attached hydrogen (secondary N) is 2. The largest absolute Gasteiger partial charge is 0.492 e. The van der Waals surface area contributed by atoms with Crippen molar-refractivity contribution in [3.05, 3.63) is 60.0 Å². The van der Waals surface area contributed by atoms with Crippen LogP contribution in [0.3, 0.4) is 0 Å². The summed E-state index contributed by atoms with van der Waals surface area (Å²) in [5.74, 6) is 2.44. The van der Waals surface area contributed by atoms with Crippen LogP contribution in [0, 0.1) is 0 Å². The average Bonchev–Trinajstić information content (AvgIpc) is 3.25. The van der Waals surface area contributed by atoms with Crippen molar-refractivity contribution < 1.29 is 9.47 Å². The lowest BCUT2D eigenvalue weighted by Crippen LogP contribution is -2.38. The minimum atomic E-state index is 0. The minimum Gasteiger partial charge on any atom is -0.492 e. The van der Waals surface area contributed by atoms with Crippen LogP contribution in [0.25, 0.3) is 5.65 Å². The number of hydrogen-bond donors (Lipinski definition) is 2. The summed E-state index contributed by atoms with van der Waals surface area (Å²) in [5.41, 5.74) is 1.93. The van der Waals surface area contributed by atoms with Gasteiger partial charge in [0.25, 0.3) is 0 Å². The molecule has 1 aliphatic heterocycles. The van der Waals surface area contributed by atoms with Gasteiger partial charge in [-0.3, -0.25) is 9.30 Å². The van der Waals surface area contributed by atoms with Gasteiger partial charge in [0.2, 0.25) is 0 Å². The summed E-state index contributed by atoms with van der Waals surface area (Å²) in [6.07, 6.45) is 1.96. The molecular formula is C23H32IN7O2. The molecule has 0 unspecified atom stereocenters. The molecular weight excluding hydrogens is 533 g/mol. The van der Waals surface area contributed by atoms with Crippen molar-refractivity contribution in [3.63, 3.8) is 0 Å². The maximum Gasteiger partial charge on any atom is 0.191 e. The Morgan fingerprint density at radius 2 is 2.00 bits per heavy atom. The molecule has 0 bridgehead atoms. The van der Waals surface area contributed by atoms with Crippen molar-refractivity contribution in [2.75, 3.05) is 46.0 Å². The molecule has 3 heterocycles. The number of benzene rings is 1. The first-order valence-electron chi connectivity index (χ1n) is 11.1. The number of aliphatic imine (C=N–C) groups is 1. The number of aromatic nitrogens is 3. The van der Waals surface area contributed by atoms with Crippen molar-refractivity contribution in [3.8, 4) is 5.75 Å². The zero-order chi connectivity index (χ0) is 22.0. The molecule has 10 heteroatoms. The predicted molar refractivity (Wildman–Crippen MR) is 139 cm³/mol. The fourth-order valence-corrected chi connectivity index (χ4v) is 3.54. The maximum absolute atomic E-state index is 5.96. The highest BCUT2D eigenvalue weighted by Crippen LogP contribution is 2.14. The molecule has 178 valence electrons. The summed E-state index contributed by atoms with van der Waals surface area (Å²) < 4.78 is 13.3. The van der Waals surface area contributed by atoms with E-state index in [0.717, 1.165) is 68.1 Å². The number of halogens is 1. The topological polar surface area (TPSA) is 88.3 Å². The van der Waals surface area contributed by atoms with Gasteiger partial charge in [0.05, 0.1) is 26.3 Å². The Kier molecular flexibility index (Phi) is 10.2. The fourth-order valence-electron chi connectivity index (χ4n) is 3.54. The molecule has 2 aromatic heterocycles. The fraction of sp³-hybridized carbons (Fsp3) is 0.435. The first-order valence-corrected chi connectivity index (χ1v) is 11.1. The Labute approximate surface area is 211 Å². The molecule has 1 aromatic carbocycles. The number of guanidine groups is 1. The van der Waals surface area contributed by atoms with Gasteiger partial charge in [-0.05, 0) is 36.8 Å². The zero-order valence-corrected chi connectivity index (χ0v) is 21.3. The van der Waals surface area contributed by atoms with E-state index in [9.17, 15) is 0 Å². The molecule has 0 spiro atoms. The maximum atomic E-state index is 5.96. The molecule has 4 rings (SSSR count). The second-order valence-corrected chi connectivity index (χ2v) is 7.54. The van der Waals surface area contributed by atoms with Crippen molar-refractivity contribution in [2.45, 2.75) is 20.0 Å². The molecule has 3 aromatic rings. The van der Waals surface area contributed by atoms with Gasteiger partial charge in [-0.2, -0.15) is 0 Å². The van der Waals surface area contributed by atoms with Gasteiger partial charge in [-0.15, -0.1) is 34.2 Å². The van der Waals surface area contributed by atoms with Crippen LogP contribution < -0.4 is 15.4 Å². The van der Waals surface area contributed by atoms with Crippen LogP contribution in [0.4, 0.5) is 0 Å². The normalized spacial score (nSPS) is 14.6. The third-order valence-electron chi connectivity index (χ3n) is 5.24. The van der Waals surface area contributed by atoms with Gasteiger partial charge < -0.3 is 20.1 Å². The van der Waals surface area contributed by atoms with E-state index in [-0.39, 0.29) is 24.0 Å².